The summed E-state index contributed by atoms with van der Waals surface area (Å²) < 4.78 is 40.4. The van der Waals surface area contributed by atoms with Crippen molar-refractivity contribution >= 4 is 34.7 Å². The van der Waals surface area contributed by atoms with Gasteiger partial charge in [0.05, 0.1) is 11.3 Å². The van der Waals surface area contributed by atoms with Gasteiger partial charge >= 0.3 is 6.18 Å². The highest BCUT2D eigenvalue weighted by Crippen LogP contribution is 2.32. The zero-order valence-corrected chi connectivity index (χ0v) is 18.6. The summed E-state index contributed by atoms with van der Waals surface area (Å²) in [6, 6.07) is 6.61. The van der Waals surface area contributed by atoms with Crippen molar-refractivity contribution in [3.63, 3.8) is 0 Å². The van der Waals surface area contributed by atoms with Gasteiger partial charge in [-0.05, 0) is 30.2 Å². The Morgan fingerprint density at radius 2 is 2.10 bits per heavy atom. The maximum absolute atomic E-state index is 12.8. The highest BCUT2D eigenvalue weighted by Gasteiger charge is 2.30. The lowest BCUT2D eigenvalue weighted by Crippen LogP contribution is -2.15. The van der Waals surface area contributed by atoms with E-state index in [1.165, 1.54) is 17.0 Å². The van der Waals surface area contributed by atoms with Gasteiger partial charge in [0.15, 0.2) is 11.0 Å². The quantitative estimate of drug-likeness (QED) is 0.324. The molecule has 0 bridgehead atoms. The Kier molecular flexibility index (Phi) is 7.22. The summed E-state index contributed by atoms with van der Waals surface area (Å²) in [5.41, 5.74) is 0.223. The van der Waals surface area contributed by atoms with Crippen molar-refractivity contribution in [1.29, 1.82) is 0 Å². The number of hydrogen-bond acceptors (Lipinski definition) is 5. The van der Waals surface area contributed by atoms with E-state index in [9.17, 15) is 18.0 Å². The third-order valence-electron chi connectivity index (χ3n) is 4.28. The van der Waals surface area contributed by atoms with Gasteiger partial charge in [0, 0.05) is 28.1 Å². The number of rotatable bonds is 8. The molecule has 0 saturated heterocycles. The Morgan fingerprint density at radius 1 is 1.32 bits per heavy atom. The minimum absolute atomic E-state index is 0.0214. The third-order valence-corrected chi connectivity index (χ3v) is 6.48. The zero-order chi connectivity index (χ0) is 22.6. The molecule has 0 atom stereocenters. The molecule has 0 aliphatic rings. The minimum Gasteiger partial charge on any atom is -0.325 e. The number of alkyl halides is 3. The minimum atomic E-state index is -4.47. The van der Waals surface area contributed by atoms with E-state index in [2.05, 4.69) is 42.0 Å². The number of hydrogen-bond donors (Lipinski definition) is 1. The molecule has 0 fully saturated rings. The molecule has 0 aliphatic heterocycles. The molecule has 1 N–H and O–H groups in total. The molecular formula is C21H21F3N4OS2. The molecule has 164 valence electrons. The molecule has 1 aromatic carbocycles. The van der Waals surface area contributed by atoms with Gasteiger partial charge in [-0.1, -0.05) is 37.8 Å². The smallest absolute Gasteiger partial charge is 0.325 e. The van der Waals surface area contributed by atoms with Crippen LogP contribution in [0, 0.1) is 0 Å². The number of halogens is 3. The molecule has 0 spiro atoms. The normalized spacial score (nSPS) is 11.7. The second-order valence-electron chi connectivity index (χ2n) is 7.01. The molecule has 3 aromatic rings. The molecule has 10 heteroatoms. The summed E-state index contributed by atoms with van der Waals surface area (Å²) in [6.07, 6.45) is -2.75. The predicted molar refractivity (Wildman–Crippen MR) is 118 cm³/mol. The molecule has 5 nitrogen and oxygen atoms in total. The first kappa shape index (κ1) is 23.1. The number of allylic oxidation sites excluding steroid dienone is 1. The van der Waals surface area contributed by atoms with Crippen LogP contribution in [0.15, 0.2) is 53.5 Å². The summed E-state index contributed by atoms with van der Waals surface area (Å²) in [6.45, 7) is 8.47. The number of anilines is 1. The van der Waals surface area contributed by atoms with Crippen LogP contribution in [0.5, 0.6) is 0 Å². The fourth-order valence-electron chi connectivity index (χ4n) is 2.78. The fraction of sp³-hybridized carbons (Fsp3) is 0.286. The van der Waals surface area contributed by atoms with E-state index >= 15 is 0 Å². The van der Waals surface area contributed by atoms with Crippen LogP contribution in [-0.4, -0.2) is 26.4 Å². The molecule has 31 heavy (non-hydrogen) atoms. The van der Waals surface area contributed by atoms with E-state index in [1.54, 1.807) is 17.4 Å². The Morgan fingerprint density at radius 3 is 2.74 bits per heavy atom. The van der Waals surface area contributed by atoms with Crippen molar-refractivity contribution in [2.75, 3.05) is 11.1 Å². The Balaban J connectivity index is 1.70. The molecule has 0 saturated carbocycles. The highest BCUT2D eigenvalue weighted by molar-refractivity contribution is 7.99. The van der Waals surface area contributed by atoms with Crippen molar-refractivity contribution in [1.82, 2.24) is 14.8 Å². The lowest BCUT2D eigenvalue weighted by atomic mass is 10.1. The molecule has 2 aromatic heterocycles. The largest absolute Gasteiger partial charge is 0.416 e. The Labute approximate surface area is 186 Å². The van der Waals surface area contributed by atoms with Crippen molar-refractivity contribution in [2.45, 2.75) is 37.6 Å². The van der Waals surface area contributed by atoms with Crippen molar-refractivity contribution in [3.8, 4) is 11.4 Å². The van der Waals surface area contributed by atoms with Crippen LogP contribution < -0.4 is 5.32 Å². The molecule has 0 radical (unpaired) electrons. The number of nitrogens with zero attached hydrogens (tertiary/aromatic N) is 3. The number of nitrogens with one attached hydrogen (secondary N) is 1. The van der Waals surface area contributed by atoms with Crippen LogP contribution in [0.1, 0.15) is 30.2 Å². The maximum Gasteiger partial charge on any atom is 0.416 e. The molecule has 0 unspecified atom stereocenters. The van der Waals surface area contributed by atoms with E-state index in [-0.39, 0.29) is 11.4 Å². The number of amides is 1. The topological polar surface area (TPSA) is 59.8 Å². The van der Waals surface area contributed by atoms with Crippen LogP contribution in [0.2, 0.25) is 0 Å². The first-order valence-corrected chi connectivity index (χ1v) is 11.3. The Hall–Kier alpha value is -2.59. The number of benzene rings is 1. The third kappa shape index (κ3) is 5.76. The standard InChI is InChI=1S/C21H21F3N4OS2/c1-4-8-28-19(14-9-17(13(2)3)30-11-14)26-27-20(28)31-12-18(29)25-16-7-5-6-15(10-16)21(22,23)24/h4-7,9-11,13H,1,8,12H2,2-3H3,(H,25,29). The summed E-state index contributed by atoms with van der Waals surface area (Å²) in [5, 5.41) is 13.5. The van der Waals surface area contributed by atoms with Crippen LogP contribution in [0.4, 0.5) is 18.9 Å². The SMILES string of the molecule is C=CCn1c(SCC(=O)Nc2cccc(C(F)(F)F)c2)nnc1-c1csc(C(C)C)c1. The summed E-state index contributed by atoms with van der Waals surface area (Å²) in [7, 11) is 0. The van der Waals surface area contributed by atoms with E-state index in [1.807, 2.05) is 9.95 Å². The summed E-state index contributed by atoms with van der Waals surface area (Å²) in [5.74, 6) is 0.635. The second-order valence-corrected chi connectivity index (χ2v) is 8.90. The van der Waals surface area contributed by atoms with Gasteiger partial charge in [0.25, 0.3) is 0 Å². The molecule has 1 amide bonds. The maximum atomic E-state index is 12.8. The monoisotopic (exact) mass is 466 g/mol. The van der Waals surface area contributed by atoms with E-state index < -0.39 is 17.6 Å². The van der Waals surface area contributed by atoms with Gasteiger partial charge in [-0.2, -0.15) is 13.2 Å². The summed E-state index contributed by atoms with van der Waals surface area (Å²) >= 11 is 2.82. The number of thiophene rings is 1. The average Bonchev–Trinajstić information content (AvgIpc) is 3.33. The van der Waals surface area contributed by atoms with Crippen molar-refractivity contribution in [3.05, 3.63) is 58.8 Å². The lowest BCUT2D eigenvalue weighted by Gasteiger charge is -2.10. The van der Waals surface area contributed by atoms with E-state index in [0.717, 1.165) is 29.5 Å². The van der Waals surface area contributed by atoms with Gasteiger partial charge in [-0.25, -0.2) is 0 Å². The van der Waals surface area contributed by atoms with Crippen LogP contribution in [0.25, 0.3) is 11.4 Å². The second kappa shape index (κ2) is 9.69. The highest BCUT2D eigenvalue weighted by atomic mass is 32.2. The van der Waals surface area contributed by atoms with Gasteiger partial charge < -0.3 is 5.32 Å². The average molecular weight is 467 g/mol. The molecular weight excluding hydrogens is 445 g/mol. The van der Waals surface area contributed by atoms with Crippen LogP contribution in [-0.2, 0) is 17.5 Å². The fourth-order valence-corrected chi connectivity index (χ4v) is 4.43. The zero-order valence-electron chi connectivity index (χ0n) is 16.9. The predicted octanol–water partition coefficient (Wildman–Crippen LogP) is 6.07. The van der Waals surface area contributed by atoms with Crippen LogP contribution in [0.3, 0.4) is 0 Å². The molecule has 0 aliphatic carbocycles. The van der Waals surface area contributed by atoms with Crippen molar-refractivity contribution < 1.29 is 18.0 Å². The van der Waals surface area contributed by atoms with E-state index in [0.29, 0.717) is 23.4 Å². The van der Waals surface area contributed by atoms with Gasteiger partial charge in [0.2, 0.25) is 5.91 Å². The number of thioether (sulfide) groups is 1. The number of carbonyl (C=O) groups excluding carboxylic acids is 1. The first-order chi connectivity index (χ1) is 14.7. The van der Waals surface area contributed by atoms with Crippen molar-refractivity contribution in [2.24, 2.45) is 0 Å². The number of carbonyl (C=O) groups is 1. The van der Waals surface area contributed by atoms with Gasteiger partial charge in [-0.3, -0.25) is 9.36 Å². The number of aromatic nitrogens is 3. The molecule has 2 heterocycles. The molecule has 3 rings (SSSR count). The van der Waals surface area contributed by atoms with E-state index in [4.69, 9.17) is 0 Å². The van der Waals surface area contributed by atoms with Crippen LogP contribution >= 0.6 is 23.1 Å². The van der Waals surface area contributed by atoms with Gasteiger partial charge in [0.1, 0.15) is 0 Å². The lowest BCUT2D eigenvalue weighted by molar-refractivity contribution is -0.137. The summed E-state index contributed by atoms with van der Waals surface area (Å²) in [4.78, 5) is 13.5. The van der Waals surface area contributed by atoms with Gasteiger partial charge in [-0.15, -0.1) is 28.1 Å². The Bertz CT molecular complexity index is 1070. The first-order valence-electron chi connectivity index (χ1n) is 9.42.